The summed E-state index contributed by atoms with van der Waals surface area (Å²) in [6.07, 6.45) is 4.47. The van der Waals surface area contributed by atoms with Crippen molar-refractivity contribution < 1.29 is 9.59 Å². The number of pyridine rings is 1. The second-order valence-electron chi connectivity index (χ2n) is 7.32. The highest BCUT2D eigenvalue weighted by molar-refractivity contribution is 6.31. The van der Waals surface area contributed by atoms with Crippen LogP contribution in [0.25, 0.3) is 0 Å². The number of piperidine rings is 1. The normalized spacial score (nSPS) is 18.8. The van der Waals surface area contributed by atoms with E-state index in [1.54, 1.807) is 29.3 Å². The maximum atomic E-state index is 12.6. The Hall–Kier alpha value is -3.40. The molecule has 11 heteroatoms. The molecule has 0 aromatic carbocycles. The maximum absolute atomic E-state index is 12.6. The molecule has 10 nitrogen and oxygen atoms in total. The van der Waals surface area contributed by atoms with Crippen molar-refractivity contribution in [2.45, 2.75) is 18.4 Å². The molecule has 0 radical (unpaired) electrons. The number of ketones is 1. The van der Waals surface area contributed by atoms with Crippen LogP contribution < -0.4 is 22.1 Å². The number of allylic oxidation sites excluding steroid dienone is 1. The minimum Gasteiger partial charge on any atom is -0.382 e. The van der Waals surface area contributed by atoms with E-state index in [-0.39, 0.29) is 33.9 Å². The Labute approximate surface area is 177 Å². The van der Waals surface area contributed by atoms with Crippen LogP contribution in [0.5, 0.6) is 0 Å². The van der Waals surface area contributed by atoms with E-state index in [2.05, 4.69) is 25.6 Å². The Balaban J connectivity index is 1.40. The van der Waals surface area contributed by atoms with E-state index in [4.69, 9.17) is 23.1 Å². The van der Waals surface area contributed by atoms with Crippen molar-refractivity contribution in [2.75, 3.05) is 31.1 Å². The monoisotopic (exact) mass is 428 g/mol. The third-order valence-corrected chi connectivity index (χ3v) is 5.60. The van der Waals surface area contributed by atoms with Crippen molar-refractivity contribution in [2.24, 2.45) is 0 Å². The number of amides is 1. The molecule has 2 aromatic heterocycles. The molecule has 6 N–H and O–H groups in total. The topological polar surface area (TPSA) is 152 Å². The van der Waals surface area contributed by atoms with Gasteiger partial charge >= 0.3 is 0 Å². The average Bonchev–Trinajstić information content (AvgIpc) is 3.13. The zero-order valence-corrected chi connectivity index (χ0v) is 16.8. The largest absolute Gasteiger partial charge is 0.382 e. The lowest BCUT2D eigenvalue weighted by molar-refractivity contribution is 0.0661. The number of likely N-dealkylation sites (tertiary alicyclic amines) is 1. The molecule has 2 fully saturated rings. The number of hydrogen-bond donors (Lipinski definition) is 4. The molecule has 4 rings (SSSR count). The van der Waals surface area contributed by atoms with Crippen LogP contribution in [0.1, 0.15) is 33.8 Å². The smallest absolute Gasteiger partial charge is 0.272 e. The number of halogens is 1. The summed E-state index contributed by atoms with van der Waals surface area (Å²) in [6.45, 7) is 1.83. The van der Waals surface area contributed by atoms with E-state index in [0.29, 0.717) is 31.1 Å². The molecule has 0 aliphatic carbocycles. The Morgan fingerprint density at radius 1 is 1.17 bits per heavy atom. The highest BCUT2D eigenvalue weighted by Gasteiger charge is 2.40. The molecule has 0 unspecified atom stereocenters. The van der Waals surface area contributed by atoms with E-state index in [9.17, 15) is 9.59 Å². The lowest BCUT2D eigenvalue weighted by atomic mass is 9.88. The van der Waals surface area contributed by atoms with E-state index in [1.807, 2.05) is 0 Å². The first-order valence-corrected chi connectivity index (χ1v) is 9.82. The lowest BCUT2D eigenvalue weighted by Crippen LogP contribution is -2.53. The highest BCUT2D eigenvalue weighted by Crippen LogP contribution is 2.27. The molecule has 0 saturated carbocycles. The standard InChI is InChI=1S/C19H21ClN8O2/c20-15-17(22)26-16(21)14(25-15)12(29)9-13-24-10-19(27-13)4-7-28(8-5-19)18(30)11-3-1-2-6-23-11/h1-3,6,9,24,27H,4-5,7-8,10H2,(H4,21,22,26)/b13-9+. The highest BCUT2D eigenvalue weighted by atomic mass is 35.5. The number of rotatable bonds is 3. The number of carbonyl (C=O) groups excluding carboxylic acids is 2. The molecule has 156 valence electrons. The fourth-order valence-corrected chi connectivity index (χ4v) is 3.77. The van der Waals surface area contributed by atoms with Crippen LogP contribution in [0.4, 0.5) is 11.6 Å². The molecule has 2 aromatic rings. The SMILES string of the molecule is Nc1nc(N)c(C(=O)/C=C2\NCC3(CCN(C(=O)c4ccccn4)CC3)N2)nc1Cl. The van der Waals surface area contributed by atoms with Gasteiger partial charge < -0.3 is 27.0 Å². The van der Waals surface area contributed by atoms with Crippen LogP contribution in [0.15, 0.2) is 36.3 Å². The van der Waals surface area contributed by atoms with Crippen molar-refractivity contribution >= 4 is 34.9 Å². The maximum Gasteiger partial charge on any atom is 0.272 e. The van der Waals surface area contributed by atoms with Gasteiger partial charge in [0.25, 0.3) is 5.91 Å². The molecule has 2 saturated heterocycles. The Bertz CT molecular complexity index is 1020. The minimum absolute atomic E-state index is 0.0264. The number of nitrogens with two attached hydrogens (primary N) is 2. The summed E-state index contributed by atoms with van der Waals surface area (Å²) in [7, 11) is 0. The molecule has 2 aliphatic rings. The van der Waals surface area contributed by atoms with Crippen molar-refractivity contribution in [3.05, 3.63) is 52.8 Å². The summed E-state index contributed by atoms with van der Waals surface area (Å²) in [5.41, 5.74) is 11.5. The molecule has 1 amide bonds. The second-order valence-corrected chi connectivity index (χ2v) is 7.68. The minimum atomic E-state index is -0.434. The van der Waals surface area contributed by atoms with Gasteiger partial charge in [0, 0.05) is 31.9 Å². The first-order valence-electron chi connectivity index (χ1n) is 9.44. The van der Waals surface area contributed by atoms with Crippen molar-refractivity contribution in [1.29, 1.82) is 0 Å². The van der Waals surface area contributed by atoms with Crippen LogP contribution in [-0.4, -0.2) is 56.7 Å². The summed E-state index contributed by atoms with van der Waals surface area (Å²) in [6, 6.07) is 5.29. The molecule has 2 aliphatic heterocycles. The van der Waals surface area contributed by atoms with Gasteiger partial charge in [0.2, 0.25) is 5.78 Å². The first-order chi connectivity index (χ1) is 14.4. The fourth-order valence-electron chi connectivity index (χ4n) is 3.64. The predicted molar refractivity (Wildman–Crippen MR) is 112 cm³/mol. The van der Waals surface area contributed by atoms with Gasteiger partial charge in [-0.2, -0.15) is 0 Å². The van der Waals surface area contributed by atoms with Crippen LogP contribution in [-0.2, 0) is 0 Å². The van der Waals surface area contributed by atoms with E-state index < -0.39 is 5.78 Å². The number of anilines is 2. The van der Waals surface area contributed by atoms with Gasteiger partial charge in [-0.05, 0) is 25.0 Å². The average molecular weight is 429 g/mol. The van der Waals surface area contributed by atoms with Crippen LogP contribution in [0.2, 0.25) is 5.15 Å². The number of nitrogens with zero attached hydrogens (tertiary/aromatic N) is 4. The zero-order valence-electron chi connectivity index (χ0n) is 16.1. The van der Waals surface area contributed by atoms with Gasteiger partial charge in [-0.15, -0.1) is 0 Å². The summed E-state index contributed by atoms with van der Waals surface area (Å²) in [4.78, 5) is 38.8. The first kappa shape index (κ1) is 19.9. The van der Waals surface area contributed by atoms with Gasteiger partial charge in [0.15, 0.2) is 22.5 Å². The Kier molecular flexibility index (Phi) is 5.17. The number of nitrogens with one attached hydrogen (secondary N) is 2. The summed E-state index contributed by atoms with van der Waals surface area (Å²) in [5, 5.41) is 6.52. The van der Waals surface area contributed by atoms with E-state index >= 15 is 0 Å². The van der Waals surface area contributed by atoms with Crippen molar-refractivity contribution in [3.8, 4) is 0 Å². The van der Waals surface area contributed by atoms with Crippen LogP contribution in [0.3, 0.4) is 0 Å². The molecule has 4 heterocycles. The number of carbonyl (C=O) groups is 2. The summed E-state index contributed by atoms with van der Waals surface area (Å²) >= 11 is 5.85. The van der Waals surface area contributed by atoms with Gasteiger partial charge in [0.1, 0.15) is 11.5 Å². The summed E-state index contributed by atoms with van der Waals surface area (Å²) in [5.74, 6) is -0.0405. The zero-order chi connectivity index (χ0) is 21.3. The van der Waals surface area contributed by atoms with Crippen molar-refractivity contribution in [3.63, 3.8) is 0 Å². The van der Waals surface area contributed by atoms with E-state index in [1.165, 1.54) is 6.08 Å². The van der Waals surface area contributed by atoms with Gasteiger partial charge in [-0.25, -0.2) is 9.97 Å². The fraction of sp³-hybridized carbons (Fsp3) is 0.316. The van der Waals surface area contributed by atoms with E-state index in [0.717, 1.165) is 12.8 Å². The second kappa shape index (κ2) is 7.79. The molecular weight excluding hydrogens is 408 g/mol. The van der Waals surface area contributed by atoms with Gasteiger partial charge in [0.05, 0.1) is 5.54 Å². The third kappa shape index (κ3) is 3.86. The molecule has 0 atom stereocenters. The number of nitrogen functional groups attached to an aromatic ring is 2. The molecule has 30 heavy (non-hydrogen) atoms. The predicted octanol–water partition coefficient (Wildman–Crippen LogP) is 0.581. The quantitative estimate of drug-likeness (QED) is 0.406. The molecular formula is C19H21ClN8O2. The van der Waals surface area contributed by atoms with Crippen LogP contribution in [0, 0.1) is 0 Å². The number of aromatic nitrogens is 3. The molecule has 0 bridgehead atoms. The Morgan fingerprint density at radius 3 is 2.63 bits per heavy atom. The van der Waals surface area contributed by atoms with Gasteiger partial charge in [-0.3, -0.25) is 14.6 Å². The summed E-state index contributed by atoms with van der Waals surface area (Å²) < 4.78 is 0. The van der Waals surface area contributed by atoms with Gasteiger partial charge in [-0.1, -0.05) is 17.7 Å². The van der Waals surface area contributed by atoms with Crippen molar-refractivity contribution in [1.82, 2.24) is 30.5 Å². The Morgan fingerprint density at radius 2 is 1.93 bits per heavy atom. The number of hydrogen-bond acceptors (Lipinski definition) is 9. The van der Waals surface area contributed by atoms with Crippen LogP contribution >= 0.6 is 11.6 Å². The third-order valence-electron chi connectivity index (χ3n) is 5.32. The molecule has 1 spiro atoms. The lowest BCUT2D eigenvalue weighted by Gasteiger charge is -2.38.